The molecule has 1 aromatic heterocycles. The smallest absolute Gasteiger partial charge is 0.272 e. The van der Waals surface area contributed by atoms with Gasteiger partial charge in [-0.1, -0.05) is 45.0 Å². The number of hydrogen-bond acceptors (Lipinski definition) is 7. The van der Waals surface area contributed by atoms with Gasteiger partial charge in [0.2, 0.25) is 5.91 Å². The number of carbonyl (C=O) groups is 2. The molecule has 0 saturated carbocycles. The number of likely N-dealkylation sites (tertiary alicyclic amines) is 1. The van der Waals surface area contributed by atoms with Crippen LogP contribution in [0.2, 0.25) is 0 Å². The van der Waals surface area contributed by atoms with E-state index in [2.05, 4.69) is 90.1 Å². The predicted octanol–water partition coefficient (Wildman–Crippen LogP) is 4.22. The second kappa shape index (κ2) is 14.2. The molecule has 48 heavy (non-hydrogen) atoms. The van der Waals surface area contributed by atoms with E-state index in [4.69, 9.17) is 4.74 Å². The number of rotatable bonds is 8. The van der Waals surface area contributed by atoms with Crippen molar-refractivity contribution in [2.45, 2.75) is 58.2 Å². The summed E-state index contributed by atoms with van der Waals surface area (Å²) in [6.45, 7) is 16.5. The number of methoxy groups -OCH3 is 1. The maximum Gasteiger partial charge on any atom is 0.272 e. The molecular formula is C38H55N7O3. The van der Waals surface area contributed by atoms with E-state index in [1.165, 1.54) is 11.1 Å². The van der Waals surface area contributed by atoms with E-state index in [0.717, 1.165) is 107 Å². The van der Waals surface area contributed by atoms with Crippen LogP contribution in [-0.2, 0) is 30.3 Å². The van der Waals surface area contributed by atoms with Gasteiger partial charge in [-0.05, 0) is 62.2 Å². The Morgan fingerprint density at radius 3 is 2.15 bits per heavy atom. The highest BCUT2D eigenvalue weighted by Crippen LogP contribution is 2.37. The van der Waals surface area contributed by atoms with Crippen molar-refractivity contribution in [3.05, 3.63) is 58.8 Å². The molecule has 4 heterocycles. The molecule has 2 amide bonds. The van der Waals surface area contributed by atoms with Crippen molar-refractivity contribution < 1.29 is 14.3 Å². The molecule has 0 radical (unpaired) electrons. The lowest BCUT2D eigenvalue weighted by Gasteiger charge is -2.37. The summed E-state index contributed by atoms with van der Waals surface area (Å²) in [4.78, 5) is 38.7. The van der Waals surface area contributed by atoms with E-state index in [0.29, 0.717) is 11.4 Å². The van der Waals surface area contributed by atoms with Gasteiger partial charge in [0.25, 0.3) is 5.91 Å². The van der Waals surface area contributed by atoms with Gasteiger partial charge in [0.15, 0.2) is 0 Å². The number of likely N-dealkylation sites (N-methyl/N-ethyl adjacent to an activating group) is 2. The molecule has 3 aromatic rings. The highest BCUT2D eigenvalue weighted by molar-refractivity contribution is 6.07. The number of piperazine rings is 2. The molecule has 3 aliphatic rings. The van der Waals surface area contributed by atoms with Crippen LogP contribution in [0.4, 0.5) is 5.69 Å². The zero-order chi connectivity index (χ0) is 34.2. The van der Waals surface area contributed by atoms with Crippen molar-refractivity contribution >= 4 is 28.4 Å². The van der Waals surface area contributed by atoms with Crippen molar-refractivity contribution in [3.8, 4) is 5.75 Å². The fourth-order valence-electron chi connectivity index (χ4n) is 7.65. The average molecular weight is 658 g/mol. The van der Waals surface area contributed by atoms with Crippen LogP contribution in [-0.4, -0.2) is 127 Å². The van der Waals surface area contributed by atoms with Crippen LogP contribution in [0, 0.1) is 0 Å². The van der Waals surface area contributed by atoms with Gasteiger partial charge in [-0.15, -0.1) is 0 Å². The minimum absolute atomic E-state index is 0.0395. The molecule has 6 rings (SSSR count). The molecule has 10 nitrogen and oxygen atoms in total. The quantitative estimate of drug-likeness (QED) is 0.389. The van der Waals surface area contributed by atoms with Crippen LogP contribution < -0.4 is 10.1 Å². The summed E-state index contributed by atoms with van der Waals surface area (Å²) < 4.78 is 8.03. The number of anilines is 1. The van der Waals surface area contributed by atoms with Crippen LogP contribution in [0.15, 0.2) is 36.4 Å². The fraction of sp³-hybridized carbons (Fsp3) is 0.579. The molecule has 260 valence electrons. The number of fused-ring (bicyclic) bond motifs is 1. The maximum atomic E-state index is 14.0. The Morgan fingerprint density at radius 2 is 1.52 bits per heavy atom. The molecule has 0 unspecified atom stereocenters. The Balaban J connectivity index is 1.20. The predicted molar refractivity (Wildman–Crippen MR) is 193 cm³/mol. The van der Waals surface area contributed by atoms with Gasteiger partial charge >= 0.3 is 0 Å². The number of aromatic nitrogens is 1. The molecule has 0 aliphatic carbocycles. The lowest BCUT2D eigenvalue weighted by molar-refractivity contribution is -0.137. The van der Waals surface area contributed by atoms with Gasteiger partial charge in [-0.2, -0.15) is 0 Å². The molecule has 0 spiro atoms. The molecule has 1 atom stereocenters. The third-order valence-corrected chi connectivity index (χ3v) is 10.7. The number of hydrogen-bond donors (Lipinski definition) is 1. The monoisotopic (exact) mass is 657 g/mol. The van der Waals surface area contributed by atoms with Crippen LogP contribution in [0.5, 0.6) is 5.75 Å². The van der Waals surface area contributed by atoms with Crippen LogP contribution in [0.1, 0.15) is 60.8 Å². The summed E-state index contributed by atoms with van der Waals surface area (Å²) in [6, 6.07) is 12.7. The summed E-state index contributed by atoms with van der Waals surface area (Å²) in [5, 5.41) is 4.30. The lowest BCUT2D eigenvalue weighted by Crippen LogP contribution is -2.52. The van der Waals surface area contributed by atoms with E-state index in [9.17, 15) is 9.59 Å². The summed E-state index contributed by atoms with van der Waals surface area (Å²) >= 11 is 0. The van der Waals surface area contributed by atoms with Gasteiger partial charge in [0, 0.05) is 83.4 Å². The molecule has 3 aliphatic heterocycles. The molecule has 2 aromatic carbocycles. The summed E-state index contributed by atoms with van der Waals surface area (Å²) in [5.74, 6) is 0.858. The van der Waals surface area contributed by atoms with E-state index in [1.54, 1.807) is 7.11 Å². The van der Waals surface area contributed by atoms with Crippen LogP contribution in [0.3, 0.4) is 0 Å². The second-order valence-electron chi connectivity index (χ2n) is 15.2. The number of carbonyl (C=O) groups excluding carboxylic acids is 2. The third kappa shape index (κ3) is 7.27. The van der Waals surface area contributed by atoms with Gasteiger partial charge in [-0.25, -0.2) is 0 Å². The minimum Gasteiger partial charge on any atom is -0.494 e. The molecule has 10 heteroatoms. The number of nitrogens with zero attached hydrogens (tertiary/aromatic N) is 6. The lowest BCUT2D eigenvalue weighted by atomic mass is 9.85. The number of aryl methyl sites for hydroxylation is 1. The van der Waals surface area contributed by atoms with Gasteiger partial charge < -0.3 is 24.4 Å². The van der Waals surface area contributed by atoms with Gasteiger partial charge in [0.05, 0.1) is 24.4 Å². The fourth-order valence-corrected chi connectivity index (χ4v) is 7.65. The topological polar surface area (TPSA) is 76.5 Å². The maximum absolute atomic E-state index is 14.0. The Hall–Kier alpha value is -3.44. The molecule has 0 bridgehead atoms. The zero-order valence-corrected chi connectivity index (χ0v) is 30.1. The Morgan fingerprint density at radius 1 is 0.854 bits per heavy atom. The first-order valence-corrected chi connectivity index (χ1v) is 17.6. The molecule has 3 saturated heterocycles. The van der Waals surface area contributed by atoms with E-state index < -0.39 is 0 Å². The van der Waals surface area contributed by atoms with Crippen molar-refractivity contribution in [3.63, 3.8) is 0 Å². The SMILES string of the molecule is COc1c(CN2CCN(C)CC2)cc(C(C)(C)C)cc1NC(=O)c1cc2cccc(CN3CCN(C(=O)[C@@H]4CCCN4C)CC3)c2n1C. The first-order chi connectivity index (χ1) is 22.9. The second-order valence-corrected chi connectivity index (χ2v) is 15.2. The standard InChI is InChI=1S/C38H55N7O3/c1-38(2,3)30-22-29(26-43-16-14-40(4)15-17-43)35(48-7)31(24-30)39-36(46)33-23-27-10-8-11-28(34(27)42(33)6)25-44-18-20-45(21-19-44)37(47)32-12-9-13-41(32)5/h8,10-11,22-24,32H,9,12-21,25-26H2,1-7H3,(H,39,46)/t32-/m0/s1. The van der Waals surface area contributed by atoms with Crippen LogP contribution >= 0.6 is 0 Å². The normalized spacial score (nSPS) is 20.5. The number of para-hydroxylation sites is 1. The van der Waals surface area contributed by atoms with Crippen molar-refractivity contribution in [1.82, 2.24) is 29.1 Å². The highest BCUT2D eigenvalue weighted by Gasteiger charge is 2.33. The van der Waals surface area contributed by atoms with E-state index in [1.807, 2.05) is 22.6 Å². The van der Waals surface area contributed by atoms with Crippen LogP contribution in [0.25, 0.3) is 10.9 Å². The largest absolute Gasteiger partial charge is 0.494 e. The van der Waals surface area contributed by atoms with E-state index >= 15 is 0 Å². The number of amides is 2. The molecule has 3 fully saturated rings. The number of ether oxygens (including phenoxy) is 1. The number of benzene rings is 2. The number of nitrogens with one attached hydrogen (secondary N) is 1. The van der Waals surface area contributed by atoms with Crippen molar-refractivity contribution in [2.24, 2.45) is 7.05 Å². The summed E-state index contributed by atoms with van der Waals surface area (Å²) in [5.41, 5.74) is 5.74. The summed E-state index contributed by atoms with van der Waals surface area (Å²) in [6.07, 6.45) is 2.07. The third-order valence-electron chi connectivity index (χ3n) is 10.7. The Bertz CT molecular complexity index is 1630. The summed E-state index contributed by atoms with van der Waals surface area (Å²) in [7, 11) is 7.91. The van der Waals surface area contributed by atoms with Gasteiger partial charge in [-0.3, -0.25) is 24.3 Å². The first kappa shape index (κ1) is 34.4. The Kier molecular flexibility index (Phi) is 10.2. The Labute approximate surface area is 286 Å². The first-order valence-electron chi connectivity index (χ1n) is 17.6. The molecule has 1 N–H and O–H groups in total. The zero-order valence-electron chi connectivity index (χ0n) is 30.1. The van der Waals surface area contributed by atoms with E-state index in [-0.39, 0.29) is 23.3 Å². The highest BCUT2D eigenvalue weighted by atomic mass is 16.5. The van der Waals surface area contributed by atoms with Gasteiger partial charge in [0.1, 0.15) is 11.4 Å². The minimum atomic E-state index is -0.154. The molecular weight excluding hydrogens is 602 g/mol. The van der Waals surface area contributed by atoms with Crippen molar-refractivity contribution in [1.29, 1.82) is 0 Å². The average Bonchev–Trinajstić information content (AvgIpc) is 3.64. The van der Waals surface area contributed by atoms with Crippen molar-refractivity contribution in [2.75, 3.05) is 85.4 Å².